The minimum absolute atomic E-state index is 0.140. The zero-order chi connectivity index (χ0) is 31.4. The van der Waals surface area contributed by atoms with Crippen molar-refractivity contribution >= 4 is 18.3 Å². The topological polar surface area (TPSA) is 82.2 Å². The number of nitrogens with zero attached hydrogens (tertiary/aromatic N) is 3. The molecule has 8 nitrogen and oxygen atoms in total. The number of rotatable bonds is 15. The van der Waals surface area contributed by atoms with Gasteiger partial charge in [0.2, 0.25) is 6.41 Å². The fraction of sp³-hybridized carbons (Fsp3) is 0.516. The van der Waals surface area contributed by atoms with Crippen LogP contribution in [0.2, 0.25) is 0 Å². The Morgan fingerprint density at radius 2 is 1.52 bits per heavy atom. The Morgan fingerprint density at radius 1 is 0.929 bits per heavy atom. The van der Waals surface area contributed by atoms with Gasteiger partial charge < -0.3 is 19.9 Å². The Morgan fingerprint density at radius 3 is 2.00 bits per heavy atom. The number of amides is 4. The smallest absolute Gasteiger partial charge is 0.416 e. The van der Waals surface area contributed by atoms with E-state index in [1.807, 2.05) is 39.8 Å². The number of urea groups is 1. The number of nitrogens with one attached hydrogen (secondary N) is 1. The summed E-state index contributed by atoms with van der Waals surface area (Å²) in [6, 6.07) is 9.85. The molecule has 2 aromatic carbocycles. The zero-order valence-electron chi connectivity index (χ0n) is 25.3. The highest BCUT2D eigenvalue weighted by Crippen LogP contribution is 2.31. The number of hydrogen-bond donors (Lipinski definition) is 1. The lowest BCUT2D eigenvalue weighted by molar-refractivity contribution is -0.137. The maximum atomic E-state index is 13.4. The summed E-state index contributed by atoms with van der Waals surface area (Å²) in [5.74, 6) is 0.0427. The Labute approximate surface area is 246 Å². The van der Waals surface area contributed by atoms with Crippen molar-refractivity contribution in [2.24, 2.45) is 5.92 Å². The molecule has 0 saturated carbocycles. The average Bonchev–Trinajstić information content (AvgIpc) is 2.96. The van der Waals surface area contributed by atoms with E-state index in [4.69, 9.17) is 4.74 Å². The van der Waals surface area contributed by atoms with E-state index in [1.165, 1.54) is 12.1 Å². The molecule has 0 aliphatic rings. The first-order valence-corrected chi connectivity index (χ1v) is 14.2. The number of hydrogen-bond acceptors (Lipinski definition) is 5. The van der Waals surface area contributed by atoms with Gasteiger partial charge in [-0.05, 0) is 75.3 Å². The quantitative estimate of drug-likeness (QED) is 0.197. The maximum Gasteiger partial charge on any atom is 0.416 e. The summed E-state index contributed by atoms with van der Waals surface area (Å²) in [5.41, 5.74) is 0.198. The van der Waals surface area contributed by atoms with Crippen molar-refractivity contribution in [2.75, 3.05) is 34.2 Å². The van der Waals surface area contributed by atoms with Gasteiger partial charge in [0, 0.05) is 31.6 Å². The second-order valence-electron chi connectivity index (χ2n) is 10.6. The van der Waals surface area contributed by atoms with Crippen LogP contribution in [-0.2, 0) is 11.0 Å². The molecule has 0 saturated heterocycles. The van der Waals surface area contributed by atoms with Gasteiger partial charge >= 0.3 is 12.2 Å². The van der Waals surface area contributed by atoms with Crippen LogP contribution in [0.25, 0.3) is 0 Å². The van der Waals surface area contributed by atoms with Crippen LogP contribution in [0.4, 0.5) is 18.0 Å². The van der Waals surface area contributed by atoms with Gasteiger partial charge in [0.05, 0.1) is 11.6 Å². The molecule has 0 aliphatic carbocycles. The predicted octanol–water partition coefficient (Wildman–Crippen LogP) is 6.19. The van der Waals surface area contributed by atoms with Crippen LogP contribution in [0.5, 0.6) is 5.75 Å². The van der Waals surface area contributed by atoms with E-state index in [2.05, 4.69) is 5.32 Å². The highest BCUT2D eigenvalue weighted by Gasteiger charge is 2.33. The average molecular weight is 593 g/mol. The van der Waals surface area contributed by atoms with Crippen molar-refractivity contribution < 1.29 is 32.3 Å². The molecule has 0 aliphatic heterocycles. The standard InChI is InChI=1S/C31H43F3N4O4/c1-7-10-27(23-11-15-25(16-12-23)31(32,33)34)35-30(41)38(21-39)29(22(8-2)9-3)42-26-17-13-24(14-18-26)28(40)37(6)20-19-36(4)5/h11-18,21-22,27,29H,7-10,19-20H2,1-6H3,(H,35,41)/t27-,29+/m1/s1. The van der Waals surface area contributed by atoms with Crippen LogP contribution in [0.3, 0.4) is 0 Å². The number of likely N-dealkylation sites (N-methyl/N-ethyl adjacent to an activating group) is 2. The summed E-state index contributed by atoms with van der Waals surface area (Å²) in [6.45, 7) is 7.04. The minimum Gasteiger partial charge on any atom is -0.470 e. The summed E-state index contributed by atoms with van der Waals surface area (Å²) in [7, 11) is 5.60. The monoisotopic (exact) mass is 592 g/mol. The third-order valence-corrected chi connectivity index (χ3v) is 7.18. The molecule has 4 amide bonds. The van der Waals surface area contributed by atoms with Crippen LogP contribution in [0.15, 0.2) is 48.5 Å². The predicted molar refractivity (Wildman–Crippen MR) is 156 cm³/mol. The molecule has 0 heterocycles. The number of imide groups is 1. The lowest BCUT2D eigenvalue weighted by atomic mass is 9.99. The summed E-state index contributed by atoms with van der Waals surface area (Å²) in [4.78, 5) is 43.1. The summed E-state index contributed by atoms with van der Waals surface area (Å²) < 4.78 is 45.3. The Hall–Kier alpha value is -3.60. The second kappa shape index (κ2) is 16.1. The van der Waals surface area contributed by atoms with Crippen molar-refractivity contribution in [1.29, 1.82) is 0 Å². The lowest BCUT2D eigenvalue weighted by Crippen LogP contribution is -2.51. The van der Waals surface area contributed by atoms with Gasteiger partial charge in [-0.15, -0.1) is 0 Å². The van der Waals surface area contributed by atoms with Gasteiger partial charge in [0.25, 0.3) is 5.91 Å². The summed E-state index contributed by atoms with van der Waals surface area (Å²) in [5, 5.41) is 2.81. The highest BCUT2D eigenvalue weighted by atomic mass is 19.4. The van der Waals surface area contributed by atoms with E-state index in [-0.39, 0.29) is 11.8 Å². The van der Waals surface area contributed by atoms with Gasteiger partial charge in [-0.25, -0.2) is 9.69 Å². The van der Waals surface area contributed by atoms with E-state index in [0.717, 1.165) is 23.6 Å². The lowest BCUT2D eigenvalue weighted by Gasteiger charge is -2.34. The molecule has 0 fully saturated rings. The summed E-state index contributed by atoms with van der Waals surface area (Å²) >= 11 is 0. The molecule has 0 spiro atoms. The van der Waals surface area contributed by atoms with Crippen LogP contribution in [0, 0.1) is 5.92 Å². The fourth-order valence-electron chi connectivity index (χ4n) is 4.52. The van der Waals surface area contributed by atoms with Crippen molar-refractivity contribution in [2.45, 2.75) is 64.9 Å². The Balaban J connectivity index is 2.25. The molecule has 2 aromatic rings. The molecule has 42 heavy (non-hydrogen) atoms. The maximum absolute atomic E-state index is 13.4. The van der Waals surface area contributed by atoms with E-state index in [0.29, 0.717) is 55.5 Å². The van der Waals surface area contributed by atoms with Crippen molar-refractivity contribution in [3.05, 3.63) is 65.2 Å². The van der Waals surface area contributed by atoms with E-state index >= 15 is 0 Å². The molecular formula is C31H43F3N4O4. The number of carbonyl (C=O) groups excluding carboxylic acids is 3. The molecule has 0 bridgehead atoms. The summed E-state index contributed by atoms with van der Waals surface area (Å²) in [6.07, 6.45) is -2.67. The van der Waals surface area contributed by atoms with Crippen molar-refractivity contribution in [3.8, 4) is 5.75 Å². The third kappa shape index (κ3) is 9.75. The molecular weight excluding hydrogens is 549 g/mol. The van der Waals surface area contributed by atoms with E-state index in [1.54, 1.807) is 36.2 Å². The van der Waals surface area contributed by atoms with Gasteiger partial charge in [-0.3, -0.25) is 9.59 Å². The highest BCUT2D eigenvalue weighted by molar-refractivity contribution is 5.94. The van der Waals surface area contributed by atoms with Gasteiger partial charge in [-0.2, -0.15) is 13.2 Å². The first-order valence-electron chi connectivity index (χ1n) is 14.2. The first kappa shape index (κ1) is 34.6. The number of halogens is 3. The van der Waals surface area contributed by atoms with Crippen LogP contribution in [0.1, 0.15) is 74.0 Å². The second-order valence-corrected chi connectivity index (χ2v) is 10.6. The van der Waals surface area contributed by atoms with E-state index in [9.17, 15) is 27.6 Å². The van der Waals surface area contributed by atoms with Crippen molar-refractivity contribution in [3.63, 3.8) is 0 Å². The molecule has 11 heteroatoms. The molecule has 2 rings (SSSR count). The zero-order valence-corrected chi connectivity index (χ0v) is 25.3. The molecule has 232 valence electrons. The number of carbonyl (C=O) groups is 3. The first-order chi connectivity index (χ1) is 19.9. The van der Waals surface area contributed by atoms with Crippen LogP contribution < -0.4 is 10.1 Å². The molecule has 0 aromatic heterocycles. The third-order valence-electron chi connectivity index (χ3n) is 7.18. The SMILES string of the molecule is CCC[C@@H](NC(=O)N(C=O)[C@@H](Oc1ccc(C(=O)N(C)CCN(C)C)cc1)C(CC)CC)c1ccc(C(F)(F)F)cc1. The molecule has 2 atom stereocenters. The van der Waals surface area contributed by atoms with Gasteiger partial charge in [-0.1, -0.05) is 39.3 Å². The normalized spacial score (nSPS) is 13.0. The largest absolute Gasteiger partial charge is 0.470 e. The number of ether oxygens (including phenoxy) is 1. The number of benzene rings is 2. The Bertz CT molecular complexity index is 1140. The molecule has 1 N–H and O–H groups in total. The van der Waals surface area contributed by atoms with Crippen LogP contribution in [-0.4, -0.2) is 73.5 Å². The molecule has 0 radical (unpaired) electrons. The Kier molecular flexibility index (Phi) is 13.3. The van der Waals surface area contributed by atoms with Crippen LogP contribution >= 0.6 is 0 Å². The number of alkyl halides is 3. The van der Waals surface area contributed by atoms with Gasteiger partial charge in [0.1, 0.15) is 5.75 Å². The van der Waals surface area contributed by atoms with Crippen molar-refractivity contribution in [1.82, 2.24) is 20.0 Å². The minimum atomic E-state index is -4.47. The molecule has 0 unspecified atom stereocenters. The van der Waals surface area contributed by atoms with E-state index < -0.39 is 30.0 Å². The fourth-order valence-corrected chi connectivity index (χ4v) is 4.52. The van der Waals surface area contributed by atoms with Gasteiger partial charge in [0.15, 0.2) is 6.23 Å².